The third-order valence-corrected chi connectivity index (χ3v) is 4.96. The summed E-state index contributed by atoms with van der Waals surface area (Å²) in [5, 5.41) is 13.0. The molecule has 0 aromatic heterocycles. The summed E-state index contributed by atoms with van der Waals surface area (Å²) in [4.78, 5) is 11.7. The van der Waals surface area contributed by atoms with Crippen LogP contribution in [-0.2, 0) is 14.3 Å². The minimum Gasteiger partial charge on any atom is -0.480 e. The van der Waals surface area contributed by atoms with Crippen LogP contribution in [-0.4, -0.2) is 48.1 Å². The summed E-state index contributed by atoms with van der Waals surface area (Å²) < 4.78 is 11.7. The molecule has 0 amide bonds. The molecule has 1 saturated heterocycles. The van der Waals surface area contributed by atoms with Gasteiger partial charge >= 0.3 is 5.97 Å². The van der Waals surface area contributed by atoms with Crippen LogP contribution in [0.2, 0.25) is 0 Å². The van der Waals surface area contributed by atoms with E-state index in [1.807, 2.05) is 0 Å². The van der Waals surface area contributed by atoms with Crippen LogP contribution in [0.4, 0.5) is 0 Å². The van der Waals surface area contributed by atoms with Crippen molar-refractivity contribution in [1.29, 1.82) is 0 Å². The van der Waals surface area contributed by atoms with Crippen molar-refractivity contribution in [3.63, 3.8) is 0 Å². The van der Waals surface area contributed by atoms with Gasteiger partial charge in [-0.2, -0.15) is 0 Å². The Balaban J connectivity index is 1.52. The Morgan fingerprint density at radius 2 is 2.10 bits per heavy atom. The maximum atomic E-state index is 11.7. The van der Waals surface area contributed by atoms with Crippen molar-refractivity contribution in [2.45, 2.75) is 81.6 Å². The standard InChI is InChI=1S/C16H27NO4/c18-15(19)16(17-12-6-7-12)8-3-5-13(10-16)21-11-14-4-1-2-9-20-14/h12-14,17H,1-11H2,(H,18,19). The molecule has 2 N–H and O–H groups in total. The average molecular weight is 297 g/mol. The highest BCUT2D eigenvalue weighted by molar-refractivity contribution is 5.79. The molecule has 0 spiro atoms. The molecular weight excluding hydrogens is 270 g/mol. The summed E-state index contributed by atoms with van der Waals surface area (Å²) in [6, 6.07) is 0.404. The lowest BCUT2D eigenvalue weighted by atomic mass is 9.80. The molecule has 0 bridgehead atoms. The van der Waals surface area contributed by atoms with Crippen LogP contribution in [0.1, 0.15) is 57.8 Å². The number of carboxylic acid groups (broad SMARTS) is 1. The zero-order valence-electron chi connectivity index (χ0n) is 12.7. The molecule has 21 heavy (non-hydrogen) atoms. The third kappa shape index (κ3) is 3.96. The summed E-state index contributed by atoms with van der Waals surface area (Å²) in [6.07, 6.45) is 9.08. The van der Waals surface area contributed by atoms with Gasteiger partial charge in [-0.15, -0.1) is 0 Å². The smallest absolute Gasteiger partial charge is 0.324 e. The second-order valence-electron chi connectivity index (χ2n) is 6.85. The molecule has 5 heteroatoms. The van der Waals surface area contributed by atoms with Crippen LogP contribution < -0.4 is 5.32 Å². The van der Waals surface area contributed by atoms with Gasteiger partial charge in [0.15, 0.2) is 0 Å². The maximum absolute atomic E-state index is 11.7. The van der Waals surface area contributed by atoms with E-state index < -0.39 is 11.5 Å². The first kappa shape index (κ1) is 15.3. The van der Waals surface area contributed by atoms with Gasteiger partial charge in [0.05, 0.1) is 18.8 Å². The van der Waals surface area contributed by atoms with Gasteiger partial charge in [0.2, 0.25) is 0 Å². The summed E-state index contributed by atoms with van der Waals surface area (Å²) in [5.74, 6) is -0.711. The van der Waals surface area contributed by atoms with E-state index in [9.17, 15) is 9.90 Å². The van der Waals surface area contributed by atoms with Gasteiger partial charge in [0.1, 0.15) is 5.54 Å². The molecule has 3 fully saturated rings. The summed E-state index contributed by atoms with van der Waals surface area (Å²) >= 11 is 0. The highest BCUT2D eigenvalue weighted by atomic mass is 16.5. The van der Waals surface area contributed by atoms with Crippen molar-refractivity contribution in [3.8, 4) is 0 Å². The van der Waals surface area contributed by atoms with Crippen molar-refractivity contribution in [3.05, 3.63) is 0 Å². The molecule has 120 valence electrons. The normalized spacial score (nSPS) is 37.3. The van der Waals surface area contributed by atoms with Gasteiger partial charge in [-0.3, -0.25) is 10.1 Å². The summed E-state index contributed by atoms with van der Waals surface area (Å²) in [6.45, 7) is 1.45. The molecular formula is C16H27NO4. The molecule has 0 aromatic rings. The number of hydrogen-bond donors (Lipinski definition) is 2. The molecule has 3 rings (SSSR count). The van der Waals surface area contributed by atoms with Crippen molar-refractivity contribution in [1.82, 2.24) is 5.32 Å². The van der Waals surface area contributed by atoms with E-state index in [2.05, 4.69) is 5.32 Å². The Bertz CT molecular complexity index is 365. The Kier molecular flexibility index (Phi) is 4.82. The molecule has 3 atom stereocenters. The number of ether oxygens (including phenoxy) is 2. The van der Waals surface area contributed by atoms with Gasteiger partial charge < -0.3 is 14.6 Å². The van der Waals surface area contributed by atoms with Crippen molar-refractivity contribution in [2.75, 3.05) is 13.2 Å². The maximum Gasteiger partial charge on any atom is 0.324 e. The van der Waals surface area contributed by atoms with Gasteiger partial charge in [-0.05, 0) is 51.4 Å². The number of rotatable bonds is 6. The topological polar surface area (TPSA) is 67.8 Å². The van der Waals surface area contributed by atoms with E-state index in [0.29, 0.717) is 19.1 Å². The molecule has 3 unspecified atom stereocenters. The second kappa shape index (κ2) is 6.63. The van der Waals surface area contributed by atoms with Gasteiger partial charge in [-0.25, -0.2) is 0 Å². The fourth-order valence-corrected chi connectivity index (χ4v) is 3.55. The van der Waals surface area contributed by atoms with Crippen LogP contribution in [0, 0.1) is 0 Å². The fourth-order valence-electron chi connectivity index (χ4n) is 3.55. The molecule has 2 aliphatic carbocycles. The average Bonchev–Trinajstić information content (AvgIpc) is 3.30. The van der Waals surface area contributed by atoms with Gasteiger partial charge in [0.25, 0.3) is 0 Å². The Labute approximate surface area is 126 Å². The highest BCUT2D eigenvalue weighted by Crippen LogP contribution is 2.34. The number of aliphatic carboxylic acids is 1. The Hall–Kier alpha value is -0.650. The molecule has 0 aromatic carbocycles. The van der Waals surface area contributed by atoms with Crippen LogP contribution in [0.15, 0.2) is 0 Å². The second-order valence-corrected chi connectivity index (χ2v) is 6.85. The predicted molar refractivity (Wildman–Crippen MR) is 78.3 cm³/mol. The number of carbonyl (C=O) groups is 1. The van der Waals surface area contributed by atoms with E-state index in [1.165, 1.54) is 6.42 Å². The van der Waals surface area contributed by atoms with Crippen LogP contribution in [0.5, 0.6) is 0 Å². The number of nitrogens with one attached hydrogen (secondary N) is 1. The van der Waals surface area contributed by atoms with Crippen LogP contribution >= 0.6 is 0 Å². The lowest BCUT2D eigenvalue weighted by molar-refractivity contribution is -0.150. The SMILES string of the molecule is O=C(O)C1(NC2CC2)CCCC(OCC2CCCCO2)C1. The lowest BCUT2D eigenvalue weighted by Gasteiger charge is -2.39. The van der Waals surface area contributed by atoms with Gasteiger partial charge in [0, 0.05) is 19.1 Å². The molecule has 5 nitrogen and oxygen atoms in total. The first-order chi connectivity index (χ1) is 10.2. The fraction of sp³-hybridized carbons (Fsp3) is 0.938. The van der Waals surface area contributed by atoms with E-state index in [4.69, 9.17) is 9.47 Å². The predicted octanol–water partition coefficient (Wildman–Crippen LogP) is 2.09. The Morgan fingerprint density at radius 1 is 1.24 bits per heavy atom. The highest BCUT2D eigenvalue weighted by Gasteiger charge is 2.46. The molecule has 1 aliphatic heterocycles. The van der Waals surface area contributed by atoms with Crippen molar-refractivity contribution in [2.24, 2.45) is 0 Å². The minimum absolute atomic E-state index is 0.0478. The molecule has 3 aliphatic rings. The van der Waals surface area contributed by atoms with E-state index in [-0.39, 0.29) is 12.2 Å². The van der Waals surface area contributed by atoms with E-state index in [1.54, 1.807) is 0 Å². The number of carboxylic acids is 1. The van der Waals surface area contributed by atoms with E-state index >= 15 is 0 Å². The molecule has 0 radical (unpaired) electrons. The first-order valence-electron chi connectivity index (χ1n) is 8.42. The largest absolute Gasteiger partial charge is 0.480 e. The monoisotopic (exact) mass is 297 g/mol. The first-order valence-corrected chi connectivity index (χ1v) is 8.42. The quantitative estimate of drug-likeness (QED) is 0.786. The van der Waals surface area contributed by atoms with Crippen LogP contribution in [0.25, 0.3) is 0 Å². The lowest BCUT2D eigenvalue weighted by Crippen LogP contribution is -2.57. The van der Waals surface area contributed by atoms with Crippen molar-refractivity contribution >= 4 is 5.97 Å². The van der Waals surface area contributed by atoms with Gasteiger partial charge in [-0.1, -0.05) is 0 Å². The Morgan fingerprint density at radius 3 is 2.76 bits per heavy atom. The molecule has 2 saturated carbocycles. The van der Waals surface area contributed by atoms with Crippen molar-refractivity contribution < 1.29 is 19.4 Å². The zero-order valence-corrected chi connectivity index (χ0v) is 12.7. The minimum atomic E-state index is -0.766. The van der Waals surface area contributed by atoms with Crippen LogP contribution in [0.3, 0.4) is 0 Å². The summed E-state index contributed by atoms with van der Waals surface area (Å²) in [5.41, 5.74) is -0.766. The molecule has 1 heterocycles. The van der Waals surface area contributed by atoms with E-state index in [0.717, 1.165) is 51.6 Å². The number of hydrogen-bond acceptors (Lipinski definition) is 4. The zero-order chi connectivity index (χ0) is 14.7. The summed E-state index contributed by atoms with van der Waals surface area (Å²) in [7, 11) is 0. The third-order valence-electron chi connectivity index (χ3n) is 4.96.